The number of ketones is 1. The van der Waals surface area contributed by atoms with Crippen molar-refractivity contribution in [3.05, 3.63) is 58.1 Å². The van der Waals surface area contributed by atoms with Crippen molar-refractivity contribution in [3.63, 3.8) is 0 Å². The fourth-order valence-electron chi connectivity index (χ4n) is 2.44. The third-order valence-corrected chi connectivity index (χ3v) is 5.18. The van der Waals surface area contributed by atoms with Gasteiger partial charge in [0.05, 0.1) is 11.4 Å². The highest BCUT2D eigenvalue weighted by Gasteiger charge is 2.13. The summed E-state index contributed by atoms with van der Waals surface area (Å²) in [6.07, 6.45) is 0. The van der Waals surface area contributed by atoms with Crippen molar-refractivity contribution in [3.8, 4) is 0 Å². The maximum atomic E-state index is 12.6. The maximum absolute atomic E-state index is 12.6. The van der Waals surface area contributed by atoms with Crippen LogP contribution in [0, 0.1) is 27.7 Å². The molecule has 3 N–H and O–H groups in total. The molecule has 0 aliphatic carbocycles. The molecule has 0 saturated carbocycles. The van der Waals surface area contributed by atoms with E-state index in [0.717, 1.165) is 27.3 Å². The van der Waals surface area contributed by atoms with E-state index in [2.05, 4.69) is 42.4 Å². The Balaban J connectivity index is 2.16. The summed E-state index contributed by atoms with van der Waals surface area (Å²) < 4.78 is 0. The molecule has 5 heteroatoms. The zero-order chi connectivity index (χ0) is 18.6. The largest absolute Gasteiger partial charge is 0.370 e. The lowest BCUT2D eigenvalue weighted by Gasteiger charge is -2.10. The topological polar surface area (TPSA) is 67.5 Å². The maximum Gasteiger partial charge on any atom is 0.193 e. The second kappa shape index (κ2) is 8.21. The molecular formula is C20H25N3OS. The summed E-state index contributed by atoms with van der Waals surface area (Å²) in [7, 11) is 1.73. The number of rotatable bonds is 5. The Morgan fingerprint density at radius 3 is 2.40 bits per heavy atom. The second-order valence-corrected chi connectivity index (χ2v) is 7.21. The Bertz CT molecular complexity index is 828. The van der Waals surface area contributed by atoms with E-state index < -0.39 is 0 Å². The van der Waals surface area contributed by atoms with Gasteiger partial charge in [0.1, 0.15) is 0 Å². The summed E-state index contributed by atoms with van der Waals surface area (Å²) in [4.78, 5) is 18.1. The van der Waals surface area contributed by atoms with Crippen LogP contribution in [0.4, 0.5) is 5.69 Å². The molecule has 0 atom stereocenters. The minimum Gasteiger partial charge on any atom is -0.370 e. The van der Waals surface area contributed by atoms with Crippen LogP contribution < -0.4 is 11.1 Å². The molecular weight excluding hydrogens is 330 g/mol. The summed E-state index contributed by atoms with van der Waals surface area (Å²) >= 11 is 1.57. The van der Waals surface area contributed by atoms with Gasteiger partial charge in [-0.1, -0.05) is 6.07 Å². The average molecular weight is 356 g/mol. The molecule has 2 aromatic rings. The summed E-state index contributed by atoms with van der Waals surface area (Å²) in [5, 5.41) is 2.80. The van der Waals surface area contributed by atoms with Crippen LogP contribution in [0.2, 0.25) is 0 Å². The van der Waals surface area contributed by atoms with Gasteiger partial charge < -0.3 is 11.1 Å². The number of carbonyl (C=O) groups excluding carboxylic acids is 1. The summed E-state index contributed by atoms with van der Waals surface area (Å²) in [6.45, 7) is 8.05. The first kappa shape index (κ1) is 19.1. The number of nitrogens with zero attached hydrogens (tertiary/aromatic N) is 1. The number of hydrogen-bond acceptors (Lipinski definition) is 3. The molecule has 25 heavy (non-hydrogen) atoms. The third kappa shape index (κ3) is 4.86. The van der Waals surface area contributed by atoms with Crippen molar-refractivity contribution in [2.45, 2.75) is 32.6 Å². The Labute approximate surface area is 153 Å². The predicted octanol–water partition coefficient (Wildman–Crippen LogP) is 4.06. The van der Waals surface area contributed by atoms with Crippen molar-refractivity contribution in [2.75, 3.05) is 12.8 Å². The molecule has 0 aromatic heterocycles. The van der Waals surface area contributed by atoms with E-state index in [1.54, 1.807) is 18.8 Å². The van der Waals surface area contributed by atoms with Crippen LogP contribution in [-0.4, -0.2) is 24.5 Å². The highest BCUT2D eigenvalue weighted by molar-refractivity contribution is 8.00. The Hall–Kier alpha value is -2.27. The van der Waals surface area contributed by atoms with E-state index in [1.165, 1.54) is 11.1 Å². The highest BCUT2D eigenvalue weighted by atomic mass is 32.2. The van der Waals surface area contributed by atoms with Crippen molar-refractivity contribution < 1.29 is 4.79 Å². The predicted molar refractivity (Wildman–Crippen MR) is 107 cm³/mol. The summed E-state index contributed by atoms with van der Waals surface area (Å²) in [5.74, 6) is 0.900. The van der Waals surface area contributed by atoms with E-state index in [4.69, 9.17) is 5.73 Å². The number of Topliss-reactive ketones (excluding diaryl/α,β-unsaturated/α-hetero) is 1. The average Bonchev–Trinajstić information content (AvgIpc) is 2.58. The van der Waals surface area contributed by atoms with E-state index in [1.807, 2.05) is 26.0 Å². The number of hydrogen-bond donors (Lipinski definition) is 2. The molecule has 0 radical (unpaired) electrons. The van der Waals surface area contributed by atoms with Gasteiger partial charge in [0, 0.05) is 17.5 Å². The molecule has 0 amide bonds. The van der Waals surface area contributed by atoms with Crippen LogP contribution in [0.3, 0.4) is 0 Å². The van der Waals surface area contributed by atoms with Crippen molar-refractivity contribution >= 4 is 29.2 Å². The standard InChI is InChI=1S/C20H25N3OS/c1-12-6-7-16(8-13(12)2)25-11-19(24)17-9-15(4)18(10-14(17)3)23-20(21)22-5/h6-10H,11H2,1-5H3,(H3,21,22,23). The number of thioether (sulfide) groups is 1. The van der Waals surface area contributed by atoms with Gasteiger partial charge in [-0.15, -0.1) is 11.8 Å². The fraction of sp³-hybridized carbons (Fsp3) is 0.300. The molecule has 2 aromatic carbocycles. The molecule has 132 valence electrons. The number of benzene rings is 2. The van der Waals surface area contributed by atoms with Gasteiger partial charge in [-0.05, 0) is 74.2 Å². The Morgan fingerprint density at radius 1 is 1.04 bits per heavy atom. The molecule has 4 nitrogen and oxygen atoms in total. The van der Waals surface area contributed by atoms with E-state index in [-0.39, 0.29) is 5.78 Å². The van der Waals surface area contributed by atoms with Gasteiger partial charge in [-0.25, -0.2) is 4.99 Å². The van der Waals surface area contributed by atoms with Gasteiger partial charge in [-0.2, -0.15) is 0 Å². The number of guanidine groups is 1. The zero-order valence-electron chi connectivity index (χ0n) is 15.4. The number of nitrogens with two attached hydrogens (primary N) is 1. The molecule has 0 fully saturated rings. The number of nitrogens with one attached hydrogen (secondary N) is 1. The number of carbonyl (C=O) groups is 1. The first-order chi connectivity index (χ1) is 11.8. The summed E-state index contributed by atoms with van der Waals surface area (Å²) in [5.41, 5.74) is 11.6. The molecule has 0 unspecified atom stereocenters. The molecule has 0 bridgehead atoms. The van der Waals surface area contributed by atoms with Crippen LogP contribution in [0.1, 0.15) is 32.6 Å². The monoisotopic (exact) mass is 355 g/mol. The molecule has 0 aliphatic rings. The first-order valence-electron chi connectivity index (χ1n) is 8.18. The SMILES string of the molecule is CNC(N)=Nc1cc(C)c(C(=O)CSc2ccc(C)c(C)c2)cc1C. The van der Waals surface area contributed by atoms with Crippen LogP contribution in [0.25, 0.3) is 0 Å². The minimum absolute atomic E-state index is 0.126. The molecule has 0 spiro atoms. The molecule has 0 saturated heterocycles. The van der Waals surface area contributed by atoms with Gasteiger partial charge in [0.2, 0.25) is 0 Å². The van der Waals surface area contributed by atoms with Crippen LogP contribution in [0.5, 0.6) is 0 Å². The lowest BCUT2D eigenvalue weighted by Crippen LogP contribution is -2.27. The quantitative estimate of drug-likeness (QED) is 0.367. The van der Waals surface area contributed by atoms with Crippen molar-refractivity contribution in [1.82, 2.24) is 5.32 Å². The minimum atomic E-state index is 0.126. The van der Waals surface area contributed by atoms with Gasteiger partial charge in [-0.3, -0.25) is 4.79 Å². The Kier molecular flexibility index (Phi) is 6.26. The molecule has 0 heterocycles. The van der Waals surface area contributed by atoms with E-state index in [9.17, 15) is 4.79 Å². The van der Waals surface area contributed by atoms with E-state index in [0.29, 0.717) is 11.7 Å². The second-order valence-electron chi connectivity index (χ2n) is 6.16. The number of aryl methyl sites for hydroxylation is 4. The van der Waals surface area contributed by atoms with Crippen molar-refractivity contribution in [1.29, 1.82) is 0 Å². The molecule has 2 rings (SSSR count). The highest BCUT2D eigenvalue weighted by Crippen LogP contribution is 2.26. The smallest absolute Gasteiger partial charge is 0.193 e. The molecule has 0 aliphatic heterocycles. The van der Waals surface area contributed by atoms with E-state index >= 15 is 0 Å². The third-order valence-electron chi connectivity index (χ3n) is 4.19. The van der Waals surface area contributed by atoms with Gasteiger partial charge >= 0.3 is 0 Å². The fourth-order valence-corrected chi connectivity index (χ4v) is 3.32. The first-order valence-corrected chi connectivity index (χ1v) is 9.16. The summed E-state index contributed by atoms with van der Waals surface area (Å²) in [6, 6.07) is 10.1. The van der Waals surface area contributed by atoms with Gasteiger partial charge in [0.15, 0.2) is 11.7 Å². The number of aliphatic imine (C=N–C) groups is 1. The lowest BCUT2D eigenvalue weighted by atomic mass is 10.0. The normalized spacial score (nSPS) is 11.5. The van der Waals surface area contributed by atoms with Crippen LogP contribution in [0.15, 0.2) is 40.2 Å². The Morgan fingerprint density at radius 2 is 1.76 bits per heavy atom. The lowest BCUT2D eigenvalue weighted by molar-refractivity contribution is 0.102. The zero-order valence-corrected chi connectivity index (χ0v) is 16.3. The van der Waals surface area contributed by atoms with Gasteiger partial charge in [0.25, 0.3) is 0 Å². The van der Waals surface area contributed by atoms with Crippen LogP contribution in [-0.2, 0) is 0 Å². The van der Waals surface area contributed by atoms with Crippen molar-refractivity contribution in [2.24, 2.45) is 10.7 Å². The van der Waals surface area contributed by atoms with Crippen LogP contribution >= 0.6 is 11.8 Å².